The van der Waals surface area contributed by atoms with Crippen LogP contribution in [0.1, 0.15) is 20.7 Å². The van der Waals surface area contributed by atoms with E-state index in [-0.39, 0.29) is 5.56 Å². The number of nitro groups is 1. The van der Waals surface area contributed by atoms with E-state index in [1.165, 1.54) is 12.4 Å². The van der Waals surface area contributed by atoms with Gasteiger partial charge in [0.2, 0.25) is 5.91 Å². The number of carboxylic acids is 1. The number of amides is 1. The molecule has 0 bridgehead atoms. The molecule has 0 spiro atoms. The van der Waals surface area contributed by atoms with E-state index >= 15 is 0 Å². The van der Waals surface area contributed by atoms with E-state index in [1.54, 1.807) is 12.1 Å². The number of carbonyl (C=O) groups excluding carboxylic acids is 1. The smallest absolute Gasteiger partial charge is 0.335 e. The van der Waals surface area contributed by atoms with E-state index in [9.17, 15) is 19.7 Å². The number of hydrogen-bond donors (Lipinski definition) is 3. The number of pyridine rings is 1. The standard InChI is InChI=1S/C7H5NO5.C6H6N2O/c9-6-2-1-4(7(10)11)3-5(6)8(12)13;7-6(9)5-1-3-8-4-2-5/h1-3,9H,(H,10,11);1-4H,(H2,7,9). The lowest BCUT2D eigenvalue weighted by Crippen LogP contribution is -2.10. The van der Waals surface area contributed by atoms with Crippen LogP contribution in [0.15, 0.2) is 42.7 Å². The summed E-state index contributed by atoms with van der Waals surface area (Å²) in [4.78, 5) is 33.9. The van der Waals surface area contributed by atoms with Crippen molar-refractivity contribution in [2.24, 2.45) is 5.73 Å². The number of nitrogens with two attached hydrogens (primary N) is 1. The molecule has 0 saturated heterocycles. The van der Waals surface area contributed by atoms with Crippen LogP contribution in [-0.2, 0) is 0 Å². The number of nitrogens with zero attached hydrogens (tertiary/aromatic N) is 2. The molecule has 0 radical (unpaired) electrons. The van der Waals surface area contributed by atoms with Gasteiger partial charge in [0.15, 0.2) is 5.75 Å². The van der Waals surface area contributed by atoms with Crippen LogP contribution in [0.5, 0.6) is 5.75 Å². The quantitative estimate of drug-likeness (QED) is 0.567. The molecule has 114 valence electrons. The van der Waals surface area contributed by atoms with Gasteiger partial charge in [-0.1, -0.05) is 0 Å². The Bertz CT molecular complexity index is 702. The molecule has 9 nitrogen and oxygen atoms in total. The highest BCUT2D eigenvalue weighted by Crippen LogP contribution is 2.25. The van der Waals surface area contributed by atoms with Crippen molar-refractivity contribution in [3.05, 3.63) is 64.0 Å². The van der Waals surface area contributed by atoms with Crippen molar-refractivity contribution in [1.82, 2.24) is 4.98 Å². The van der Waals surface area contributed by atoms with Gasteiger partial charge in [-0.05, 0) is 24.3 Å². The highest BCUT2D eigenvalue weighted by Gasteiger charge is 2.15. The van der Waals surface area contributed by atoms with Crippen molar-refractivity contribution in [2.45, 2.75) is 0 Å². The predicted octanol–water partition coefficient (Wildman–Crippen LogP) is 1.18. The normalized spacial score (nSPS) is 9.27. The van der Waals surface area contributed by atoms with E-state index in [4.69, 9.17) is 15.9 Å². The fraction of sp³-hybridized carbons (Fsp3) is 0. The number of phenols is 1. The van der Waals surface area contributed by atoms with Crippen LogP contribution in [0.4, 0.5) is 5.69 Å². The largest absolute Gasteiger partial charge is 0.502 e. The van der Waals surface area contributed by atoms with Crippen LogP contribution in [0.3, 0.4) is 0 Å². The first-order valence-electron chi connectivity index (χ1n) is 5.73. The molecule has 22 heavy (non-hydrogen) atoms. The minimum atomic E-state index is -1.27. The van der Waals surface area contributed by atoms with Crippen molar-refractivity contribution < 1.29 is 24.7 Å². The van der Waals surface area contributed by atoms with Gasteiger partial charge in [-0.25, -0.2) is 4.79 Å². The second-order valence-corrected chi connectivity index (χ2v) is 3.87. The summed E-state index contributed by atoms with van der Waals surface area (Å²) >= 11 is 0. The van der Waals surface area contributed by atoms with Gasteiger partial charge in [0, 0.05) is 24.0 Å². The molecule has 1 heterocycles. The fourth-order valence-electron chi connectivity index (χ4n) is 1.32. The third-order valence-electron chi connectivity index (χ3n) is 2.38. The summed E-state index contributed by atoms with van der Waals surface area (Å²) in [5.74, 6) is -2.24. The number of benzene rings is 1. The maximum atomic E-state index is 10.4. The average Bonchev–Trinajstić information content (AvgIpc) is 2.48. The van der Waals surface area contributed by atoms with Gasteiger partial charge in [-0.3, -0.25) is 19.9 Å². The van der Waals surface area contributed by atoms with E-state index in [0.29, 0.717) is 5.56 Å². The number of aromatic carboxylic acids is 1. The highest BCUT2D eigenvalue weighted by atomic mass is 16.6. The summed E-state index contributed by atoms with van der Waals surface area (Å²) in [6, 6.07) is 6.01. The molecule has 0 unspecified atom stereocenters. The van der Waals surface area contributed by atoms with Gasteiger partial charge in [0.05, 0.1) is 10.5 Å². The highest BCUT2D eigenvalue weighted by molar-refractivity contribution is 5.92. The number of carbonyl (C=O) groups is 2. The summed E-state index contributed by atoms with van der Waals surface area (Å²) in [5.41, 5.74) is 4.59. The first-order valence-corrected chi connectivity index (χ1v) is 5.73. The Morgan fingerprint density at radius 1 is 1.14 bits per heavy atom. The lowest BCUT2D eigenvalue weighted by molar-refractivity contribution is -0.385. The third kappa shape index (κ3) is 4.56. The Morgan fingerprint density at radius 3 is 2.14 bits per heavy atom. The molecular weight excluding hydrogens is 294 g/mol. The van der Waals surface area contributed by atoms with Crippen molar-refractivity contribution >= 4 is 17.6 Å². The number of nitro benzene ring substituents is 1. The van der Waals surface area contributed by atoms with Crippen LogP contribution in [0.25, 0.3) is 0 Å². The second kappa shape index (κ2) is 7.33. The molecule has 0 aliphatic carbocycles. The fourth-order valence-corrected chi connectivity index (χ4v) is 1.32. The Balaban J connectivity index is 0.000000235. The molecule has 0 aliphatic heterocycles. The summed E-state index contributed by atoms with van der Waals surface area (Å²) in [6.07, 6.45) is 3.06. The van der Waals surface area contributed by atoms with E-state index in [0.717, 1.165) is 18.2 Å². The van der Waals surface area contributed by atoms with Crippen molar-refractivity contribution in [2.75, 3.05) is 0 Å². The lowest BCUT2D eigenvalue weighted by Gasteiger charge is -1.96. The SMILES string of the molecule is NC(=O)c1ccncc1.O=C(O)c1ccc(O)c([N+](=O)[O-])c1. The number of carboxylic acid groups (broad SMARTS) is 1. The molecule has 9 heteroatoms. The van der Waals surface area contributed by atoms with Crippen molar-refractivity contribution in [3.63, 3.8) is 0 Å². The molecule has 0 fully saturated rings. The van der Waals surface area contributed by atoms with Crippen LogP contribution in [0.2, 0.25) is 0 Å². The summed E-state index contributed by atoms with van der Waals surface area (Å²) < 4.78 is 0. The lowest BCUT2D eigenvalue weighted by atomic mass is 10.2. The van der Waals surface area contributed by atoms with Gasteiger partial charge < -0.3 is 15.9 Å². The first kappa shape index (κ1) is 16.6. The summed E-state index contributed by atoms with van der Waals surface area (Å²) in [7, 11) is 0. The van der Waals surface area contributed by atoms with Gasteiger partial charge in [-0.15, -0.1) is 0 Å². The van der Waals surface area contributed by atoms with E-state index < -0.39 is 28.2 Å². The minimum Gasteiger partial charge on any atom is -0.502 e. The van der Waals surface area contributed by atoms with Gasteiger partial charge in [-0.2, -0.15) is 0 Å². The van der Waals surface area contributed by atoms with Gasteiger partial charge in [0.1, 0.15) is 0 Å². The Morgan fingerprint density at radius 2 is 1.73 bits per heavy atom. The number of aromatic hydroxyl groups is 1. The average molecular weight is 305 g/mol. The molecule has 0 aliphatic rings. The maximum absolute atomic E-state index is 10.4. The number of rotatable bonds is 3. The summed E-state index contributed by atoms with van der Waals surface area (Å²) in [5, 5.41) is 27.7. The Hall–Kier alpha value is -3.49. The van der Waals surface area contributed by atoms with Crippen LogP contribution in [0, 0.1) is 10.1 Å². The zero-order chi connectivity index (χ0) is 16.7. The second-order valence-electron chi connectivity index (χ2n) is 3.87. The molecule has 0 saturated carbocycles. The number of aromatic nitrogens is 1. The van der Waals surface area contributed by atoms with Crippen LogP contribution < -0.4 is 5.73 Å². The molecule has 2 aromatic rings. The molecule has 1 aromatic carbocycles. The zero-order valence-corrected chi connectivity index (χ0v) is 11.0. The van der Waals surface area contributed by atoms with Crippen LogP contribution in [-0.4, -0.2) is 32.0 Å². The number of primary amides is 1. The molecule has 1 aromatic heterocycles. The number of hydrogen-bond acceptors (Lipinski definition) is 6. The zero-order valence-electron chi connectivity index (χ0n) is 11.0. The van der Waals surface area contributed by atoms with Gasteiger partial charge >= 0.3 is 11.7 Å². The molecule has 2 rings (SSSR count). The monoisotopic (exact) mass is 305 g/mol. The molecule has 0 atom stereocenters. The first-order chi connectivity index (χ1) is 10.3. The Labute approximate surface area is 123 Å². The predicted molar refractivity (Wildman–Crippen MR) is 74.5 cm³/mol. The Kier molecular flexibility index (Phi) is 5.52. The van der Waals surface area contributed by atoms with Crippen LogP contribution >= 0.6 is 0 Å². The molecule has 4 N–H and O–H groups in total. The minimum absolute atomic E-state index is 0.232. The van der Waals surface area contributed by atoms with Crippen molar-refractivity contribution in [3.8, 4) is 5.75 Å². The molecule has 1 amide bonds. The van der Waals surface area contributed by atoms with E-state index in [2.05, 4.69) is 4.98 Å². The third-order valence-corrected chi connectivity index (χ3v) is 2.38. The van der Waals surface area contributed by atoms with Gasteiger partial charge in [0.25, 0.3) is 0 Å². The number of phenolic OH excluding ortho intramolecular Hbond substituents is 1. The topological polar surface area (TPSA) is 157 Å². The van der Waals surface area contributed by atoms with E-state index in [1.807, 2.05) is 0 Å². The maximum Gasteiger partial charge on any atom is 0.335 e. The molecular formula is C13H11N3O6. The summed E-state index contributed by atoms with van der Waals surface area (Å²) in [6.45, 7) is 0. The van der Waals surface area contributed by atoms with Crippen molar-refractivity contribution in [1.29, 1.82) is 0 Å².